The average molecular weight is 316 g/mol. The molecule has 0 spiro atoms. The second-order valence-electron chi connectivity index (χ2n) is 5.69. The largest absolute Gasteiger partial charge is 0.312 e. The summed E-state index contributed by atoms with van der Waals surface area (Å²) in [7, 11) is -3.31. The predicted octanol–water partition coefficient (Wildman–Crippen LogP) is 2.67. The molecule has 0 bridgehead atoms. The fraction of sp³-hybridized carbons (Fsp3) is 0.714. The standard InChI is InChI=1S/C14H24N2O2S2/c1-4-5-15-8-13-7-14(10-19-13)20(17,18)16-9-11(2)6-12(16)3/h7,10-12,15H,4-6,8-9H2,1-3H3. The van der Waals surface area contributed by atoms with E-state index in [1.165, 1.54) is 11.3 Å². The van der Waals surface area contributed by atoms with Gasteiger partial charge in [0, 0.05) is 29.4 Å². The van der Waals surface area contributed by atoms with Crippen LogP contribution in [0.5, 0.6) is 0 Å². The van der Waals surface area contributed by atoms with Gasteiger partial charge in [0.1, 0.15) is 0 Å². The summed E-state index contributed by atoms with van der Waals surface area (Å²) in [4.78, 5) is 1.54. The Hall–Kier alpha value is -0.430. The number of nitrogens with zero attached hydrogens (tertiary/aromatic N) is 1. The van der Waals surface area contributed by atoms with Gasteiger partial charge in [0.25, 0.3) is 0 Å². The number of hydrogen-bond donors (Lipinski definition) is 1. The summed E-state index contributed by atoms with van der Waals surface area (Å²) in [5.41, 5.74) is 0. The van der Waals surface area contributed by atoms with Crippen LogP contribution in [-0.2, 0) is 16.6 Å². The van der Waals surface area contributed by atoms with Gasteiger partial charge in [-0.25, -0.2) is 8.42 Å². The van der Waals surface area contributed by atoms with E-state index in [1.807, 2.05) is 13.0 Å². The topological polar surface area (TPSA) is 49.4 Å². The summed E-state index contributed by atoms with van der Waals surface area (Å²) >= 11 is 1.52. The molecule has 1 fully saturated rings. The smallest absolute Gasteiger partial charge is 0.244 e. The highest BCUT2D eigenvalue weighted by Gasteiger charge is 2.36. The fourth-order valence-corrected chi connectivity index (χ4v) is 5.70. The summed E-state index contributed by atoms with van der Waals surface area (Å²) in [6.45, 7) is 8.58. The third-order valence-electron chi connectivity index (χ3n) is 3.69. The molecule has 2 unspecified atom stereocenters. The Balaban J connectivity index is 2.10. The highest BCUT2D eigenvalue weighted by Crippen LogP contribution is 2.30. The van der Waals surface area contributed by atoms with Crippen LogP contribution in [-0.4, -0.2) is 31.9 Å². The van der Waals surface area contributed by atoms with E-state index in [1.54, 1.807) is 9.69 Å². The van der Waals surface area contributed by atoms with Gasteiger partial charge in [0.15, 0.2) is 0 Å². The zero-order chi connectivity index (χ0) is 14.8. The van der Waals surface area contributed by atoms with Crippen molar-refractivity contribution in [1.29, 1.82) is 0 Å². The second-order valence-corrected chi connectivity index (χ2v) is 8.58. The zero-order valence-corrected chi connectivity index (χ0v) is 14.1. The maximum atomic E-state index is 12.6. The van der Waals surface area contributed by atoms with Crippen molar-refractivity contribution in [2.75, 3.05) is 13.1 Å². The lowest BCUT2D eigenvalue weighted by Crippen LogP contribution is -2.33. The molecule has 20 heavy (non-hydrogen) atoms. The summed E-state index contributed by atoms with van der Waals surface area (Å²) in [6.07, 6.45) is 2.04. The van der Waals surface area contributed by atoms with E-state index in [2.05, 4.69) is 19.2 Å². The van der Waals surface area contributed by atoms with Gasteiger partial charge in [-0.15, -0.1) is 11.3 Å². The van der Waals surface area contributed by atoms with Crippen LogP contribution >= 0.6 is 11.3 Å². The minimum atomic E-state index is -3.31. The maximum Gasteiger partial charge on any atom is 0.244 e. The van der Waals surface area contributed by atoms with Crippen molar-refractivity contribution in [3.63, 3.8) is 0 Å². The Bertz CT molecular complexity index is 539. The Labute approximate surface area is 126 Å². The third kappa shape index (κ3) is 3.42. The van der Waals surface area contributed by atoms with Gasteiger partial charge in [0.05, 0.1) is 4.90 Å². The molecule has 6 heteroatoms. The Morgan fingerprint density at radius 3 is 2.80 bits per heavy atom. The molecule has 1 N–H and O–H groups in total. The Kier molecular flexibility index (Phi) is 5.23. The van der Waals surface area contributed by atoms with Crippen molar-refractivity contribution < 1.29 is 8.42 Å². The molecule has 0 amide bonds. The molecule has 4 nitrogen and oxygen atoms in total. The van der Waals surface area contributed by atoms with Crippen molar-refractivity contribution in [3.8, 4) is 0 Å². The number of thiophene rings is 1. The highest BCUT2D eigenvalue weighted by atomic mass is 32.2. The second kappa shape index (κ2) is 6.56. The van der Waals surface area contributed by atoms with E-state index in [0.717, 1.165) is 30.8 Å². The van der Waals surface area contributed by atoms with Crippen LogP contribution < -0.4 is 5.32 Å². The molecule has 0 aliphatic carbocycles. The SMILES string of the molecule is CCCNCc1cc(S(=O)(=O)N2CC(C)CC2C)cs1. The molecule has 114 valence electrons. The normalized spacial score (nSPS) is 24.4. The maximum absolute atomic E-state index is 12.6. The minimum absolute atomic E-state index is 0.108. The van der Waals surface area contributed by atoms with Gasteiger partial charge in [0.2, 0.25) is 10.0 Å². The number of rotatable bonds is 6. The summed E-state index contributed by atoms with van der Waals surface area (Å²) in [5.74, 6) is 0.448. The highest BCUT2D eigenvalue weighted by molar-refractivity contribution is 7.89. The Morgan fingerprint density at radius 2 is 2.20 bits per heavy atom. The van der Waals surface area contributed by atoms with E-state index in [9.17, 15) is 8.42 Å². The molecule has 1 aromatic rings. The lowest BCUT2D eigenvalue weighted by atomic mass is 10.1. The summed E-state index contributed by atoms with van der Waals surface area (Å²) in [5, 5.41) is 5.08. The van der Waals surface area contributed by atoms with Crippen molar-refractivity contribution in [3.05, 3.63) is 16.3 Å². The molecule has 1 aliphatic rings. The van der Waals surface area contributed by atoms with Crippen molar-refractivity contribution in [2.45, 2.75) is 51.1 Å². The van der Waals surface area contributed by atoms with Crippen LogP contribution in [0.3, 0.4) is 0 Å². The van der Waals surface area contributed by atoms with Crippen LogP contribution in [0.1, 0.15) is 38.5 Å². The first-order chi connectivity index (χ1) is 9.45. The first kappa shape index (κ1) is 15.9. The summed E-state index contributed by atoms with van der Waals surface area (Å²) in [6, 6.07) is 1.93. The molecule has 0 radical (unpaired) electrons. The quantitative estimate of drug-likeness (QED) is 0.821. The molecule has 1 aromatic heterocycles. The van der Waals surface area contributed by atoms with Gasteiger partial charge < -0.3 is 5.32 Å². The Morgan fingerprint density at radius 1 is 1.45 bits per heavy atom. The molecule has 1 aliphatic heterocycles. The van der Waals surface area contributed by atoms with Gasteiger partial charge in [-0.2, -0.15) is 4.31 Å². The number of nitrogens with one attached hydrogen (secondary N) is 1. The molecule has 0 aromatic carbocycles. The van der Waals surface area contributed by atoms with E-state index < -0.39 is 10.0 Å². The van der Waals surface area contributed by atoms with E-state index in [-0.39, 0.29) is 6.04 Å². The van der Waals surface area contributed by atoms with Crippen molar-refractivity contribution >= 4 is 21.4 Å². The zero-order valence-electron chi connectivity index (χ0n) is 12.4. The monoisotopic (exact) mass is 316 g/mol. The molecule has 1 saturated heterocycles. The molecule has 2 rings (SSSR count). The molecule has 2 heterocycles. The number of hydrogen-bond acceptors (Lipinski definition) is 4. The van der Waals surface area contributed by atoms with Crippen LogP contribution in [0.25, 0.3) is 0 Å². The third-order valence-corrected chi connectivity index (χ3v) is 6.73. The summed E-state index contributed by atoms with van der Waals surface area (Å²) < 4.78 is 26.9. The molecular weight excluding hydrogens is 292 g/mol. The van der Waals surface area contributed by atoms with Gasteiger partial charge in [-0.3, -0.25) is 0 Å². The lowest BCUT2D eigenvalue weighted by molar-refractivity contribution is 0.405. The predicted molar refractivity (Wildman–Crippen MR) is 83.5 cm³/mol. The van der Waals surface area contributed by atoms with Gasteiger partial charge in [-0.1, -0.05) is 13.8 Å². The first-order valence-electron chi connectivity index (χ1n) is 7.25. The molecule has 2 atom stereocenters. The minimum Gasteiger partial charge on any atom is -0.312 e. The molecular formula is C14H24N2O2S2. The van der Waals surface area contributed by atoms with Crippen LogP contribution in [0.4, 0.5) is 0 Å². The van der Waals surface area contributed by atoms with Gasteiger partial charge in [-0.05, 0) is 38.3 Å². The van der Waals surface area contributed by atoms with Crippen LogP contribution in [0, 0.1) is 5.92 Å². The number of sulfonamides is 1. The van der Waals surface area contributed by atoms with E-state index in [0.29, 0.717) is 17.4 Å². The van der Waals surface area contributed by atoms with Crippen molar-refractivity contribution in [2.24, 2.45) is 5.92 Å². The van der Waals surface area contributed by atoms with Crippen LogP contribution in [0.2, 0.25) is 0 Å². The van der Waals surface area contributed by atoms with E-state index >= 15 is 0 Å². The van der Waals surface area contributed by atoms with Gasteiger partial charge >= 0.3 is 0 Å². The fourth-order valence-electron chi connectivity index (χ4n) is 2.71. The molecule has 0 saturated carbocycles. The van der Waals surface area contributed by atoms with E-state index in [4.69, 9.17) is 0 Å². The average Bonchev–Trinajstić information content (AvgIpc) is 2.97. The lowest BCUT2D eigenvalue weighted by Gasteiger charge is -2.20. The van der Waals surface area contributed by atoms with Crippen molar-refractivity contribution in [1.82, 2.24) is 9.62 Å². The van der Waals surface area contributed by atoms with Crippen LogP contribution in [0.15, 0.2) is 16.3 Å². The first-order valence-corrected chi connectivity index (χ1v) is 9.57.